The Balaban J connectivity index is 1.35. The summed E-state index contributed by atoms with van der Waals surface area (Å²) in [5.74, 6) is -0.611. The SMILES string of the molecule is O=C(NCCC1N=CC(Cl)=CN1Cl)c1ccc(Oc2cc3c(cc2Cl)C(C(=O)O)CCO3)cc1. The number of hydrogen-bond donors (Lipinski definition) is 2. The summed E-state index contributed by atoms with van der Waals surface area (Å²) in [7, 11) is 0. The molecule has 2 N–H and O–H groups in total. The van der Waals surface area contributed by atoms with Gasteiger partial charge in [0.2, 0.25) is 0 Å². The molecule has 2 heterocycles. The van der Waals surface area contributed by atoms with E-state index in [9.17, 15) is 14.7 Å². The van der Waals surface area contributed by atoms with Crippen molar-refractivity contribution in [2.75, 3.05) is 13.2 Å². The van der Waals surface area contributed by atoms with Crippen LogP contribution in [0.3, 0.4) is 0 Å². The number of carbonyl (C=O) groups is 2. The third kappa shape index (κ3) is 5.58. The predicted octanol–water partition coefficient (Wildman–Crippen LogP) is 5.15. The molecule has 0 saturated heterocycles. The average Bonchev–Trinajstić information content (AvgIpc) is 2.81. The summed E-state index contributed by atoms with van der Waals surface area (Å²) < 4.78 is 12.8. The summed E-state index contributed by atoms with van der Waals surface area (Å²) in [5, 5.41) is 12.9. The number of amides is 1. The van der Waals surface area contributed by atoms with Crippen LogP contribution in [0.5, 0.6) is 17.2 Å². The standard InChI is InChI=1S/C23H20Cl3N3O5/c24-14-11-28-21(29(26)12-14)5-7-27-22(30)13-1-3-15(4-2-13)34-20-10-19-17(9-18(20)25)16(23(31)32)6-8-33-19/h1-4,9-12,16,21H,5-8H2,(H,27,30)(H,31,32). The molecule has 4 rings (SSSR count). The van der Waals surface area contributed by atoms with E-state index in [1.165, 1.54) is 10.6 Å². The minimum Gasteiger partial charge on any atom is -0.493 e. The molecular formula is C23H20Cl3N3O5. The number of nitrogens with zero attached hydrogens (tertiary/aromatic N) is 2. The Morgan fingerprint density at radius 3 is 2.71 bits per heavy atom. The summed E-state index contributed by atoms with van der Waals surface area (Å²) in [4.78, 5) is 28.1. The fraction of sp³-hybridized carbons (Fsp3) is 0.261. The van der Waals surface area contributed by atoms with Crippen LogP contribution in [-0.4, -0.2) is 46.9 Å². The van der Waals surface area contributed by atoms with Gasteiger partial charge in [-0.25, -0.2) is 0 Å². The van der Waals surface area contributed by atoms with Crippen LogP contribution in [0.15, 0.2) is 52.6 Å². The number of carboxylic acids is 1. The highest BCUT2D eigenvalue weighted by Gasteiger charge is 2.29. The van der Waals surface area contributed by atoms with Gasteiger partial charge in [-0.1, -0.05) is 23.2 Å². The summed E-state index contributed by atoms with van der Waals surface area (Å²) in [5.41, 5.74) is 0.979. The summed E-state index contributed by atoms with van der Waals surface area (Å²) in [6.07, 6.45) is 3.67. The van der Waals surface area contributed by atoms with Crippen molar-refractivity contribution in [3.05, 3.63) is 63.8 Å². The van der Waals surface area contributed by atoms with E-state index in [-0.39, 0.29) is 17.1 Å². The van der Waals surface area contributed by atoms with E-state index in [4.69, 9.17) is 44.5 Å². The first-order valence-corrected chi connectivity index (χ1v) is 11.5. The van der Waals surface area contributed by atoms with Crippen LogP contribution in [-0.2, 0) is 4.79 Å². The Hall–Kier alpha value is -2.94. The molecule has 11 heteroatoms. The van der Waals surface area contributed by atoms with Gasteiger partial charge in [-0.3, -0.25) is 19.0 Å². The van der Waals surface area contributed by atoms with Gasteiger partial charge in [0.15, 0.2) is 0 Å². The molecule has 0 saturated carbocycles. The molecule has 34 heavy (non-hydrogen) atoms. The predicted molar refractivity (Wildman–Crippen MR) is 129 cm³/mol. The summed E-state index contributed by atoms with van der Waals surface area (Å²) in [6, 6.07) is 9.69. The maximum Gasteiger partial charge on any atom is 0.311 e. The summed E-state index contributed by atoms with van der Waals surface area (Å²) in [6.45, 7) is 0.672. The van der Waals surface area contributed by atoms with Crippen LogP contribution in [0.1, 0.15) is 34.7 Å². The third-order valence-corrected chi connectivity index (χ3v) is 6.15. The summed E-state index contributed by atoms with van der Waals surface area (Å²) >= 11 is 18.2. The highest BCUT2D eigenvalue weighted by Crippen LogP contribution is 2.41. The van der Waals surface area contributed by atoms with Gasteiger partial charge in [0.1, 0.15) is 23.4 Å². The van der Waals surface area contributed by atoms with Crippen LogP contribution in [0, 0.1) is 0 Å². The van der Waals surface area contributed by atoms with E-state index in [1.807, 2.05) is 0 Å². The highest BCUT2D eigenvalue weighted by molar-refractivity contribution is 6.39. The molecule has 0 bridgehead atoms. The van der Waals surface area contributed by atoms with Gasteiger partial charge in [-0.05, 0) is 36.8 Å². The molecule has 0 spiro atoms. The molecule has 1 amide bonds. The lowest BCUT2D eigenvalue weighted by Crippen LogP contribution is -2.31. The monoisotopic (exact) mass is 523 g/mol. The van der Waals surface area contributed by atoms with Gasteiger partial charge in [0.25, 0.3) is 5.91 Å². The van der Waals surface area contributed by atoms with Crippen molar-refractivity contribution < 1.29 is 24.2 Å². The molecule has 0 radical (unpaired) electrons. The number of nitrogens with one attached hydrogen (secondary N) is 1. The Labute approximate surface area is 210 Å². The van der Waals surface area contributed by atoms with Crippen molar-refractivity contribution >= 4 is 53.1 Å². The fourth-order valence-electron chi connectivity index (χ4n) is 3.60. The van der Waals surface area contributed by atoms with Crippen LogP contribution in [0.2, 0.25) is 5.02 Å². The van der Waals surface area contributed by atoms with E-state index < -0.39 is 11.9 Å². The first kappa shape index (κ1) is 24.2. The van der Waals surface area contributed by atoms with Crippen molar-refractivity contribution in [2.24, 2.45) is 4.99 Å². The molecule has 2 atom stereocenters. The number of aliphatic imine (C=N–C) groups is 1. The molecular weight excluding hydrogens is 505 g/mol. The lowest BCUT2D eigenvalue weighted by molar-refractivity contribution is -0.139. The van der Waals surface area contributed by atoms with Gasteiger partial charge in [0.05, 0.1) is 22.6 Å². The largest absolute Gasteiger partial charge is 0.493 e. The number of ether oxygens (including phenoxy) is 2. The van der Waals surface area contributed by atoms with Gasteiger partial charge >= 0.3 is 5.97 Å². The van der Waals surface area contributed by atoms with E-state index in [0.717, 1.165) is 0 Å². The van der Waals surface area contributed by atoms with Crippen LogP contribution < -0.4 is 14.8 Å². The molecule has 2 unspecified atom stereocenters. The Kier molecular flexibility index (Phi) is 7.50. The number of benzene rings is 2. The normalized spacial score (nSPS) is 19.0. The number of carboxylic acid groups (broad SMARTS) is 1. The third-order valence-electron chi connectivity index (χ3n) is 5.34. The van der Waals surface area contributed by atoms with E-state index in [2.05, 4.69) is 10.3 Å². The van der Waals surface area contributed by atoms with Crippen LogP contribution in [0.25, 0.3) is 0 Å². The molecule has 8 nitrogen and oxygen atoms in total. The minimum absolute atomic E-state index is 0.249. The fourth-order valence-corrected chi connectivity index (χ4v) is 4.27. The smallest absolute Gasteiger partial charge is 0.311 e. The number of hydrogen-bond acceptors (Lipinski definition) is 6. The maximum atomic E-state index is 12.4. The first-order valence-electron chi connectivity index (χ1n) is 10.4. The minimum atomic E-state index is -0.921. The lowest BCUT2D eigenvalue weighted by atomic mass is 9.93. The number of fused-ring (bicyclic) bond motifs is 1. The second-order valence-electron chi connectivity index (χ2n) is 7.64. The number of halogens is 3. The Morgan fingerprint density at radius 1 is 1.24 bits per heavy atom. The number of rotatable bonds is 7. The Morgan fingerprint density at radius 2 is 2.00 bits per heavy atom. The Bertz CT molecular complexity index is 1150. The van der Waals surface area contributed by atoms with Gasteiger partial charge < -0.3 is 19.9 Å². The van der Waals surface area contributed by atoms with Crippen molar-refractivity contribution in [3.63, 3.8) is 0 Å². The zero-order valence-electron chi connectivity index (χ0n) is 17.7. The molecule has 2 aliphatic rings. The highest BCUT2D eigenvalue weighted by atomic mass is 35.5. The number of carbonyl (C=O) groups excluding carboxylic acids is 1. The van der Waals surface area contributed by atoms with Crippen molar-refractivity contribution in [1.29, 1.82) is 0 Å². The zero-order valence-corrected chi connectivity index (χ0v) is 20.0. The molecule has 2 aromatic carbocycles. The molecule has 0 aliphatic carbocycles. The second-order valence-corrected chi connectivity index (χ2v) is 8.87. The van der Waals surface area contributed by atoms with Gasteiger partial charge in [-0.2, -0.15) is 0 Å². The van der Waals surface area contributed by atoms with E-state index >= 15 is 0 Å². The molecule has 0 fully saturated rings. The molecule has 0 aromatic heterocycles. The van der Waals surface area contributed by atoms with Crippen molar-refractivity contribution in [3.8, 4) is 17.2 Å². The lowest BCUT2D eigenvalue weighted by Gasteiger charge is -2.24. The second kappa shape index (κ2) is 10.5. The van der Waals surface area contributed by atoms with E-state index in [1.54, 1.807) is 42.6 Å². The zero-order chi connectivity index (χ0) is 24.2. The first-order chi connectivity index (χ1) is 16.3. The van der Waals surface area contributed by atoms with Gasteiger partial charge in [-0.15, -0.1) is 0 Å². The maximum absolute atomic E-state index is 12.4. The topological polar surface area (TPSA) is 100 Å². The molecule has 178 valence electrons. The number of aliphatic carboxylic acids is 1. The van der Waals surface area contributed by atoms with Crippen molar-refractivity contribution in [1.82, 2.24) is 9.74 Å². The molecule has 2 aromatic rings. The van der Waals surface area contributed by atoms with Gasteiger partial charge in [0, 0.05) is 54.4 Å². The van der Waals surface area contributed by atoms with Crippen molar-refractivity contribution in [2.45, 2.75) is 24.9 Å². The average molecular weight is 525 g/mol. The molecule has 2 aliphatic heterocycles. The quantitative estimate of drug-likeness (QED) is 0.486. The van der Waals surface area contributed by atoms with E-state index in [0.29, 0.717) is 59.4 Å². The van der Waals surface area contributed by atoms with Crippen LogP contribution in [0.4, 0.5) is 0 Å². The van der Waals surface area contributed by atoms with Crippen LogP contribution >= 0.6 is 35.0 Å². The number of allylic oxidation sites excluding steroid dienone is 1.